The molecule has 460 valence electrons. The molecule has 0 fully saturated rings. The topological polar surface area (TPSA) is 0 Å². The SMILES string of the molecule is CC(C)(C)C.CC(C)C.CC(C)C(C)(C)C.CC(C)C(C)C.CCC.CCC(C)(C)C.CCC(C)C.CCC(C)C.CCCC.CCCCC.CCCCCC.CCCCCCC.[2H]C([2H])([2H])C(CC)(C([2H])([2H])[2H])C([2H])([2H])[2H].[2H]C([2H])([2H])CC. The summed E-state index contributed by atoms with van der Waals surface area (Å²) in [6.07, 6.45) is 24.2. The van der Waals surface area contributed by atoms with Gasteiger partial charge < -0.3 is 0 Å². The Balaban J connectivity index is -0.0000000535. The Morgan fingerprint density at radius 3 is 0.542 bits per heavy atom. The van der Waals surface area contributed by atoms with Gasteiger partial charge in [0.15, 0.2) is 0 Å². The maximum absolute atomic E-state index is 7.16. The van der Waals surface area contributed by atoms with Crippen LogP contribution >= 0.6 is 0 Å². The van der Waals surface area contributed by atoms with E-state index in [0.717, 1.165) is 35.5 Å². The van der Waals surface area contributed by atoms with E-state index in [1.165, 1.54) is 122 Å². The third-order valence-electron chi connectivity index (χ3n) is 9.66. The number of hydrogen-bond donors (Lipinski definition) is 0. The number of hydrogen-bond acceptors (Lipinski definition) is 0. The molecule has 72 heavy (non-hydrogen) atoms. The summed E-state index contributed by atoms with van der Waals surface area (Å²) in [6.45, 7) is 71.8. The molecule has 0 saturated carbocycles. The first kappa shape index (κ1) is 74.1. The van der Waals surface area contributed by atoms with Gasteiger partial charge in [-0.15, -0.1) is 0 Å². The molecule has 0 N–H and O–H groups in total. The highest BCUT2D eigenvalue weighted by Gasteiger charge is 2.13. The van der Waals surface area contributed by atoms with Gasteiger partial charge >= 0.3 is 0 Å². The molecule has 0 radical (unpaired) electrons. The monoisotopic (exact) mass is 1050 g/mol. The minimum Gasteiger partial charge on any atom is -0.0656 e. The summed E-state index contributed by atoms with van der Waals surface area (Å²) in [5, 5.41) is 0. The highest BCUT2D eigenvalue weighted by molar-refractivity contribution is 4.64. The first-order valence-electron chi connectivity index (χ1n) is 37.4. The Bertz CT molecular complexity index is 990. The molecule has 0 rings (SSSR count). The maximum Gasteiger partial charge on any atom is 0.0236 e. The molecular formula is C72H172. The molecule has 0 heterocycles. The first-order valence-corrected chi connectivity index (χ1v) is 31.4. The van der Waals surface area contributed by atoms with Crippen LogP contribution in [0.3, 0.4) is 0 Å². The quantitative estimate of drug-likeness (QED) is 0.161. The molecule has 0 aromatic heterocycles. The second-order valence-corrected chi connectivity index (χ2v) is 25.7. The van der Waals surface area contributed by atoms with Crippen LogP contribution in [-0.4, -0.2) is 0 Å². The smallest absolute Gasteiger partial charge is 0.0236 e. The van der Waals surface area contributed by atoms with Gasteiger partial charge in [0.05, 0.1) is 0 Å². The Morgan fingerprint density at radius 1 is 0.319 bits per heavy atom. The van der Waals surface area contributed by atoms with Gasteiger partial charge in [0.25, 0.3) is 0 Å². The van der Waals surface area contributed by atoms with Gasteiger partial charge in [0.2, 0.25) is 0 Å². The first-order chi connectivity index (χ1) is 37.4. The molecule has 0 atom stereocenters. The third kappa shape index (κ3) is 370. The van der Waals surface area contributed by atoms with E-state index in [1.54, 1.807) is 6.92 Å². The molecule has 0 spiro atoms. The Labute approximate surface area is 491 Å². The van der Waals surface area contributed by atoms with E-state index < -0.39 is 39.2 Å². The minimum atomic E-state index is -3.04. The van der Waals surface area contributed by atoms with Gasteiger partial charge in [-0.2, -0.15) is 0 Å². The lowest BCUT2D eigenvalue weighted by Crippen LogP contribution is -2.12. The lowest BCUT2D eigenvalue weighted by molar-refractivity contribution is 0.283. The third-order valence-corrected chi connectivity index (χ3v) is 9.66. The average molecular weight is 1050 g/mol. The van der Waals surface area contributed by atoms with Crippen molar-refractivity contribution in [3.63, 3.8) is 0 Å². The maximum atomic E-state index is 7.16. The summed E-state index contributed by atoms with van der Waals surface area (Å²) in [5.41, 5.74) is -1.10. The van der Waals surface area contributed by atoms with E-state index in [0.29, 0.717) is 16.2 Å². The Kier molecular flexibility index (Phi) is 93.1. The van der Waals surface area contributed by atoms with Crippen molar-refractivity contribution in [1.29, 1.82) is 0 Å². The van der Waals surface area contributed by atoms with Crippen LogP contribution < -0.4 is 0 Å². The van der Waals surface area contributed by atoms with Crippen molar-refractivity contribution >= 4 is 0 Å². The normalized spacial score (nSPS) is 13.2. The molecule has 0 saturated heterocycles. The number of unbranched alkanes of at least 4 members (excludes halogenated alkanes) is 10. The summed E-state index contributed by atoms with van der Waals surface area (Å²) >= 11 is 0. The van der Waals surface area contributed by atoms with Gasteiger partial charge in [0, 0.05) is 16.4 Å². The van der Waals surface area contributed by atoms with Crippen LogP contribution in [0.4, 0.5) is 0 Å². The lowest BCUT2D eigenvalue weighted by Gasteiger charge is -2.22. The second kappa shape index (κ2) is 90.5. The summed E-state index contributed by atoms with van der Waals surface area (Å²) < 4.78 is 84.0. The number of rotatable bonds is 13. The van der Waals surface area contributed by atoms with Crippen molar-refractivity contribution in [2.45, 2.75) is 419 Å². The van der Waals surface area contributed by atoms with Crippen LogP contribution in [0.25, 0.3) is 0 Å². The van der Waals surface area contributed by atoms with Crippen molar-refractivity contribution in [2.75, 3.05) is 0 Å². The fourth-order valence-corrected chi connectivity index (χ4v) is 1.53. The molecule has 0 unspecified atom stereocenters. The van der Waals surface area contributed by atoms with Crippen LogP contribution in [0.5, 0.6) is 0 Å². The molecule has 0 aromatic carbocycles. The van der Waals surface area contributed by atoms with Gasteiger partial charge in [0.1, 0.15) is 0 Å². The summed E-state index contributed by atoms with van der Waals surface area (Å²) in [5.74, 6) is 5.10. The van der Waals surface area contributed by atoms with Crippen LogP contribution in [0.1, 0.15) is 435 Å². The zero-order chi connectivity index (χ0) is 71.6. The van der Waals surface area contributed by atoms with Crippen LogP contribution in [0, 0.1) is 57.2 Å². The van der Waals surface area contributed by atoms with Crippen LogP contribution in [0.15, 0.2) is 0 Å². The van der Waals surface area contributed by atoms with E-state index in [4.69, 9.17) is 16.4 Å². The molecule has 0 aromatic rings. The predicted molar refractivity (Wildman–Crippen MR) is 361 cm³/mol. The fraction of sp³-hybridized carbons (Fsp3) is 1.00. The minimum absolute atomic E-state index is 0.271. The van der Waals surface area contributed by atoms with Crippen molar-refractivity contribution < 1.29 is 16.4 Å². The zero-order valence-electron chi connectivity index (χ0n) is 71.6. The molecule has 0 amide bonds. The van der Waals surface area contributed by atoms with E-state index in [1.807, 2.05) is 0 Å². The van der Waals surface area contributed by atoms with Crippen LogP contribution in [-0.2, 0) is 0 Å². The molecule has 0 bridgehead atoms. The Morgan fingerprint density at radius 2 is 0.500 bits per heavy atom. The second-order valence-electron chi connectivity index (χ2n) is 25.7. The molecule has 0 aliphatic carbocycles. The van der Waals surface area contributed by atoms with Gasteiger partial charge in [-0.1, -0.05) is 419 Å². The average Bonchev–Trinajstić information content (AvgIpc) is 3.31. The molecule has 0 nitrogen and oxygen atoms in total. The van der Waals surface area contributed by atoms with Crippen molar-refractivity contribution in [1.82, 2.24) is 0 Å². The standard InChI is InChI=1S/2C7H16.4C6H14.4C5H12.2C4H10.2C3H8/c1-6(2)7(3,4)5;1-3-5-7-6-4-2;2*1-5-6(2,3)4;1-5(2)6(3)4;1-3-5-6-4-2;1-5(2,3)4;2*1-4-5(2)3;1-3-5-4-2;1-4(2)3;1-3-4-2;2*1-3-2/h6H,1-5H3;3-7H2,1-2H3;2*5H2,1-4H3;5-6H,1-4H3;3-6H2,1-2H3;1-4H3;2*5H,4H2,1-3H3;3-5H2,1-2H3;4H,1-3H3;3-4H2,1-2H3;2*3H2,1-2H3/i;;2D3,3D3,4D3;;;;;;;;;;1D3;. The zero-order valence-corrected chi connectivity index (χ0v) is 59.6. The van der Waals surface area contributed by atoms with Gasteiger partial charge in [-0.25, -0.2) is 0 Å². The van der Waals surface area contributed by atoms with E-state index in [-0.39, 0.29) is 6.42 Å². The molecular weight excluding hydrogens is 865 g/mol. The van der Waals surface area contributed by atoms with E-state index >= 15 is 0 Å². The van der Waals surface area contributed by atoms with Crippen molar-refractivity contribution in [3.8, 4) is 0 Å². The van der Waals surface area contributed by atoms with E-state index in [9.17, 15) is 0 Å². The summed E-state index contributed by atoms with van der Waals surface area (Å²) in [4.78, 5) is 0. The van der Waals surface area contributed by atoms with Gasteiger partial charge in [-0.3, -0.25) is 0 Å². The predicted octanol–water partition coefficient (Wildman–Crippen LogP) is 30.1. The largest absolute Gasteiger partial charge is 0.0656 e. The van der Waals surface area contributed by atoms with Crippen LogP contribution in [0.2, 0.25) is 0 Å². The molecule has 0 aliphatic rings. The Hall–Kier alpha value is 0. The van der Waals surface area contributed by atoms with Gasteiger partial charge in [-0.05, 0) is 57.2 Å². The highest BCUT2D eigenvalue weighted by Crippen LogP contribution is 2.23. The summed E-state index contributed by atoms with van der Waals surface area (Å²) in [6, 6.07) is 0. The van der Waals surface area contributed by atoms with Crippen molar-refractivity contribution in [3.05, 3.63) is 0 Å². The highest BCUT2D eigenvalue weighted by atomic mass is 14.2. The summed E-state index contributed by atoms with van der Waals surface area (Å²) in [7, 11) is 0. The fourth-order valence-electron chi connectivity index (χ4n) is 1.53. The van der Waals surface area contributed by atoms with E-state index in [2.05, 4.69) is 249 Å². The molecule has 0 heteroatoms. The van der Waals surface area contributed by atoms with Crippen molar-refractivity contribution in [2.24, 2.45) is 57.2 Å². The molecule has 0 aliphatic heterocycles. The lowest BCUT2D eigenvalue weighted by atomic mass is 9.84.